The molecule has 0 radical (unpaired) electrons. The van der Waals surface area contributed by atoms with Crippen LogP contribution in [0.4, 0.5) is 5.95 Å². The lowest BCUT2D eigenvalue weighted by molar-refractivity contribution is 0.269. The fraction of sp³-hybridized carbons (Fsp3) is 0.769. The van der Waals surface area contributed by atoms with Crippen LogP contribution in [-0.2, 0) is 7.05 Å². The van der Waals surface area contributed by atoms with Crippen LogP contribution in [0.25, 0.3) is 0 Å². The number of unbranched alkanes of at least 4 members (excludes halogenated alkanes) is 1. The van der Waals surface area contributed by atoms with Gasteiger partial charge in [0.15, 0.2) is 0 Å². The fourth-order valence-corrected chi connectivity index (χ4v) is 1.72. The van der Waals surface area contributed by atoms with Crippen molar-refractivity contribution in [3.63, 3.8) is 0 Å². The average molecular weight is 238 g/mol. The van der Waals surface area contributed by atoms with E-state index in [1.807, 2.05) is 24.7 Å². The lowest BCUT2D eigenvalue weighted by atomic mass is 10.2. The van der Waals surface area contributed by atoms with Gasteiger partial charge < -0.3 is 14.8 Å². The third-order valence-electron chi connectivity index (χ3n) is 3.10. The van der Waals surface area contributed by atoms with Gasteiger partial charge in [0.25, 0.3) is 0 Å². The molecule has 0 aromatic carbocycles. The number of nitrogens with one attached hydrogen (secondary N) is 1. The maximum atomic E-state index is 4.41. The predicted molar refractivity (Wildman–Crippen MR) is 73.4 cm³/mol. The second kappa shape index (κ2) is 6.64. The van der Waals surface area contributed by atoms with Crippen molar-refractivity contribution in [3.05, 3.63) is 11.9 Å². The summed E-state index contributed by atoms with van der Waals surface area (Å²) in [5.74, 6) is 0.972. The summed E-state index contributed by atoms with van der Waals surface area (Å²) in [6, 6.07) is 0.639. The molecule has 1 rings (SSSR count). The first kappa shape index (κ1) is 14.0. The van der Waals surface area contributed by atoms with E-state index in [9.17, 15) is 0 Å². The number of hydrogen-bond donors (Lipinski definition) is 1. The smallest absolute Gasteiger partial charge is 0.202 e. The summed E-state index contributed by atoms with van der Waals surface area (Å²) in [4.78, 5) is 6.79. The van der Waals surface area contributed by atoms with E-state index >= 15 is 0 Å². The first-order chi connectivity index (χ1) is 8.00. The molecule has 0 spiro atoms. The lowest BCUT2D eigenvalue weighted by Crippen LogP contribution is -2.27. The van der Waals surface area contributed by atoms with Gasteiger partial charge in [0.1, 0.15) is 0 Å². The van der Waals surface area contributed by atoms with Crippen molar-refractivity contribution in [2.45, 2.75) is 39.7 Å². The topological polar surface area (TPSA) is 33.1 Å². The Hall–Kier alpha value is -1.03. The summed E-state index contributed by atoms with van der Waals surface area (Å²) >= 11 is 0. The molecule has 0 saturated carbocycles. The Labute approximate surface area is 105 Å². The molecule has 1 N–H and O–H groups in total. The van der Waals surface area contributed by atoms with Gasteiger partial charge in [-0.2, -0.15) is 0 Å². The zero-order chi connectivity index (χ0) is 12.8. The van der Waals surface area contributed by atoms with Crippen LogP contribution in [0, 0.1) is 6.92 Å². The minimum Gasteiger partial charge on any atom is -0.356 e. The minimum absolute atomic E-state index is 0.639. The van der Waals surface area contributed by atoms with Crippen LogP contribution in [0.2, 0.25) is 0 Å². The Bertz CT molecular complexity index is 330. The van der Waals surface area contributed by atoms with Crippen molar-refractivity contribution in [1.82, 2.24) is 14.5 Å². The largest absolute Gasteiger partial charge is 0.356 e. The summed E-state index contributed by atoms with van der Waals surface area (Å²) in [6.07, 6.45) is 4.45. The highest BCUT2D eigenvalue weighted by molar-refractivity contribution is 5.27. The highest BCUT2D eigenvalue weighted by atomic mass is 15.2. The summed E-state index contributed by atoms with van der Waals surface area (Å²) in [6.45, 7) is 8.64. The van der Waals surface area contributed by atoms with E-state index in [1.165, 1.54) is 19.4 Å². The molecule has 17 heavy (non-hydrogen) atoms. The summed E-state index contributed by atoms with van der Waals surface area (Å²) < 4.78 is 2.04. The molecule has 0 aliphatic heterocycles. The highest BCUT2D eigenvalue weighted by Gasteiger charge is 2.03. The van der Waals surface area contributed by atoms with Gasteiger partial charge in [-0.25, -0.2) is 4.98 Å². The SMILES string of the molecule is Cc1cn(C)c(NCCCCN(C)C(C)C)n1. The number of anilines is 1. The summed E-state index contributed by atoms with van der Waals surface area (Å²) in [5.41, 5.74) is 1.06. The van der Waals surface area contributed by atoms with Crippen LogP contribution in [0.15, 0.2) is 6.20 Å². The van der Waals surface area contributed by atoms with Crippen LogP contribution in [0.1, 0.15) is 32.4 Å². The molecule has 0 amide bonds. The van der Waals surface area contributed by atoms with Gasteiger partial charge in [-0.05, 0) is 47.2 Å². The Morgan fingerprint density at radius 3 is 2.65 bits per heavy atom. The Morgan fingerprint density at radius 2 is 2.12 bits per heavy atom. The van der Waals surface area contributed by atoms with Crippen LogP contribution in [0.3, 0.4) is 0 Å². The van der Waals surface area contributed by atoms with Crippen LogP contribution in [0.5, 0.6) is 0 Å². The first-order valence-electron chi connectivity index (χ1n) is 6.44. The monoisotopic (exact) mass is 238 g/mol. The molecule has 98 valence electrons. The zero-order valence-electron chi connectivity index (χ0n) is 11.8. The van der Waals surface area contributed by atoms with E-state index in [4.69, 9.17) is 0 Å². The second-order valence-electron chi connectivity index (χ2n) is 5.03. The van der Waals surface area contributed by atoms with Crippen molar-refractivity contribution < 1.29 is 0 Å². The summed E-state index contributed by atoms with van der Waals surface area (Å²) in [7, 11) is 4.20. The molecule has 1 heterocycles. The van der Waals surface area contributed by atoms with Crippen LogP contribution in [-0.4, -0.2) is 40.6 Å². The van der Waals surface area contributed by atoms with E-state index in [2.05, 4.69) is 36.1 Å². The molecule has 4 heteroatoms. The standard InChI is InChI=1S/C13H26N4/c1-11(2)16(4)9-7-6-8-14-13-15-12(3)10-17(13)5/h10-11H,6-9H2,1-5H3,(H,14,15). The van der Waals surface area contributed by atoms with Crippen molar-refractivity contribution in [2.75, 3.05) is 25.5 Å². The Kier molecular flexibility index (Phi) is 5.48. The molecule has 0 saturated heterocycles. The molecule has 0 atom stereocenters. The third kappa shape index (κ3) is 4.77. The van der Waals surface area contributed by atoms with Gasteiger partial charge in [-0.3, -0.25) is 0 Å². The van der Waals surface area contributed by atoms with Gasteiger partial charge in [0.2, 0.25) is 5.95 Å². The molecule has 4 nitrogen and oxygen atoms in total. The number of rotatable bonds is 7. The molecule has 0 unspecified atom stereocenters. The Balaban J connectivity index is 2.14. The number of imidazole rings is 1. The molecule has 1 aromatic heterocycles. The quantitative estimate of drug-likeness (QED) is 0.740. The van der Waals surface area contributed by atoms with E-state index in [-0.39, 0.29) is 0 Å². The van der Waals surface area contributed by atoms with Gasteiger partial charge in [0.05, 0.1) is 5.69 Å². The maximum absolute atomic E-state index is 4.41. The molecular weight excluding hydrogens is 212 g/mol. The zero-order valence-corrected chi connectivity index (χ0v) is 11.8. The van der Waals surface area contributed by atoms with E-state index in [0.29, 0.717) is 6.04 Å². The lowest BCUT2D eigenvalue weighted by Gasteiger charge is -2.20. The maximum Gasteiger partial charge on any atom is 0.202 e. The molecule has 0 bridgehead atoms. The van der Waals surface area contributed by atoms with Crippen molar-refractivity contribution >= 4 is 5.95 Å². The first-order valence-corrected chi connectivity index (χ1v) is 6.44. The molecule has 0 aliphatic rings. The molecule has 0 aliphatic carbocycles. The molecule has 0 fully saturated rings. The second-order valence-corrected chi connectivity index (χ2v) is 5.03. The minimum atomic E-state index is 0.639. The fourth-order valence-electron chi connectivity index (χ4n) is 1.72. The molecule has 1 aromatic rings. The van der Waals surface area contributed by atoms with Crippen LogP contribution >= 0.6 is 0 Å². The van der Waals surface area contributed by atoms with Crippen molar-refractivity contribution in [3.8, 4) is 0 Å². The number of aryl methyl sites for hydroxylation is 2. The third-order valence-corrected chi connectivity index (χ3v) is 3.10. The van der Waals surface area contributed by atoms with E-state index in [1.54, 1.807) is 0 Å². The van der Waals surface area contributed by atoms with Gasteiger partial charge >= 0.3 is 0 Å². The number of aromatic nitrogens is 2. The average Bonchev–Trinajstić information content (AvgIpc) is 2.56. The van der Waals surface area contributed by atoms with Gasteiger partial charge in [0, 0.05) is 25.8 Å². The number of hydrogen-bond acceptors (Lipinski definition) is 3. The van der Waals surface area contributed by atoms with Crippen LogP contribution < -0.4 is 5.32 Å². The highest BCUT2D eigenvalue weighted by Crippen LogP contribution is 2.06. The number of nitrogens with zero attached hydrogens (tertiary/aromatic N) is 3. The summed E-state index contributed by atoms with van der Waals surface area (Å²) in [5, 5.41) is 3.37. The van der Waals surface area contributed by atoms with Crippen molar-refractivity contribution in [2.24, 2.45) is 7.05 Å². The Morgan fingerprint density at radius 1 is 1.41 bits per heavy atom. The normalized spacial score (nSPS) is 11.5. The van der Waals surface area contributed by atoms with Gasteiger partial charge in [-0.1, -0.05) is 0 Å². The predicted octanol–water partition coefficient (Wildman–Crippen LogP) is 2.26. The van der Waals surface area contributed by atoms with E-state index in [0.717, 1.165) is 18.2 Å². The molecular formula is C13H26N4. The van der Waals surface area contributed by atoms with Crippen molar-refractivity contribution in [1.29, 1.82) is 0 Å². The van der Waals surface area contributed by atoms with Gasteiger partial charge in [-0.15, -0.1) is 0 Å². The van der Waals surface area contributed by atoms with E-state index < -0.39 is 0 Å².